The van der Waals surface area contributed by atoms with Crippen molar-refractivity contribution >= 4 is 11.6 Å². The van der Waals surface area contributed by atoms with E-state index >= 15 is 0 Å². The van der Waals surface area contributed by atoms with Crippen molar-refractivity contribution in [3.63, 3.8) is 0 Å². The number of hydrogen-bond acceptors (Lipinski definition) is 6. The number of aromatic nitrogens is 4. The number of aryl methyl sites for hydroxylation is 1. The van der Waals surface area contributed by atoms with E-state index in [0.717, 1.165) is 49.3 Å². The van der Waals surface area contributed by atoms with E-state index in [9.17, 15) is 0 Å². The topological polar surface area (TPSA) is 59.3 Å². The van der Waals surface area contributed by atoms with Crippen molar-refractivity contribution in [1.82, 2.24) is 19.7 Å². The summed E-state index contributed by atoms with van der Waals surface area (Å²) in [4.78, 5) is 13.8. The van der Waals surface area contributed by atoms with Crippen LogP contribution in [-0.4, -0.2) is 52.5 Å². The van der Waals surface area contributed by atoms with Crippen LogP contribution in [0.15, 0.2) is 24.8 Å². The van der Waals surface area contributed by atoms with Gasteiger partial charge in [0.25, 0.3) is 0 Å². The fourth-order valence-electron chi connectivity index (χ4n) is 4.02. The lowest BCUT2D eigenvalue weighted by Gasteiger charge is -2.41. The van der Waals surface area contributed by atoms with Crippen LogP contribution in [-0.2, 0) is 17.4 Å². The molecule has 0 aromatic carbocycles. The van der Waals surface area contributed by atoms with E-state index in [2.05, 4.69) is 44.8 Å². The molecule has 0 spiro atoms. The minimum absolute atomic E-state index is 0.378. The Balaban J connectivity index is 1.54. The number of anilines is 2. The normalized spacial score (nSPS) is 27.0. The molecule has 0 bridgehead atoms. The van der Waals surface area contributed by atoms with Crippen LogP contribution in [0.3, 0.4) is 0 Å². The summed E-state index contributed by atoms with van der Waals surface area (Å²) >= 11 is 0. The van der Waals surface area contributed by atoms with Gasteiger partial charge in [0.1, 0.15) is 23.6 Å². The first-order chi connectivity index (χ1) is 12.5. The van der Waals surface area contributed by atoms with Crippen LogP contribution >= 0.6 is 0 Å². The van der Waals surface area contributed by atoms with Gasteiger partial charge in [-0.3, -0.25) is 4.68 Å². The molecular weight excluding hydrogens is 328 g/mol. The van der Waals surface area contributed by atoms with Crippen LogP contribution in [0.1, 0.15) is 32.3 Å². The molecule has 0 radical (unpaired) electrons. The molecule has 7 nitrogen and oxygen atoms in total. The van der Waals surface area contributed by atoms with Gasteiger partial charge in [-0.2, -0.15) is 5.10 Å². The lowest BCUT2D eigenvalue weighted by Crippen LogP contribution is -2.48. The fourth-order valence-corrected chi connectivity index (χ4v) is 4.02. The Kier molecular flexibility index (Phi) is 4.56. The summed E-state index contributed by atoms with van der Waals surface area (Å²) in [5.41, 5.74) is 0.723. The van der Waals surface area contributed by atoms with Crippen LogP contribution in [0.5, 0.6) is 0 Å². The second-order valence-electron chi connectivity index (χ2n) is 7.83. The summed E-state index contributed by atoms with van der Waals surface area (Å²) in [6.07, 6.45) is 8.16. The number of piperidine rings is 1. The maximum atomic E-state index is 6.13. The smallest absolute Gasteiger partial charge is 0.134 e. The van der Waals surface area contributed by atoms with E-state index in [0.29, 0.717) is 6.61 Å². The minimum Gasteiger partial charge on any atom is -0.367 e. The maximum absolute atomic E-state index is 6.13. The van der Waals surface area contributed by atoms with Gasteiger partial charge < -0.3 is 14.5 Å². The lowest BCUT2D eigenvalue weighted by atomic mass is 9.97. The predicted octanol–water partition coefficient (Wildman–Crippen LogP) is 2.20. The van der Waals surface area contributed by atoms with Crippen LogP contribution < -0.4 is 9.80 Å². The lowest BCUT2D eigenvalue weighted by molar-refractivity contribution is -0.0468. The Morgan fingerprint density at radius 1 is 1.19 bits per heavy atom. The van der Waals surface area contributed by atoms with Crippen molar-refractivity contribution in [2.24, 2.45) is 13.0 Å². The molecule has 2 fully saturated rings. The van der Waals surface area contributed by atoms with Gasteiger partial charge in [0.2, 0.25) is 0 Å². The predicted molar refractivity (Wildman–Crippen MR) is 101 cm³/mol. The molecule has 0 saturated carbocycles. The van der Waals surface area contributed by atoms with Crippen molar-refractivity contribution in [1.29, 1.82) is 0 Å². The highest BCUT2D eigenvalue weighted by molar-refractivity contribution is 5.51. The van der Waals surface area contributed by atoms with Gasteiger partial charge >= 0.3 is 0 Å². The molecule has 4 heterocycles. The SMILES string of the molecule is CC1CCCN(c2cc(N3CCOC(C)(c4cnn(C)c4)C3)ncn2)C1. The van der Waals surface area contributed by atoms with E-state index in [1.807, 2.05) is 24.1 Å². The Morgan fingerprint density at radius 3 is 2.73 bits per heavy atom. The van der Waals surface area contributed by atoms with Crippen molar-refractivity contribution < 1.29 is 4.74 Å². The first-order valence-electron chi connectivity index (χ1n) is 9.48. The molecule has 2 aromatic rings. The monoisotopic (exact) mass is 356 g/mol. The van der Waals surface area contributed by atoms with E-state index < -0.39 is 0 Å². The van der Waals surface area contributed by atoms with Gasteiger partial charge in [-0.05, 0) is 25.7 Å². The summed E-state index contributed by atoms with van der Waals surface area (Å²) in [6, 6.07) is 2.13. The summed E-state index contributed by atoms with van der Waals surface area (Å²) in [7, 11) is 1.93. The number of rotatable bonds is 3. The molecular formula is C19H28N6O. The summed E-state index contributed by atoms with van der Waals surface area (Å²) in [5, 5.41) is 4.30. The van der Waals surface area contributed by atoms with Crippen LogP contribution in [0.25, 0.3) is 0 Å². The zero-order valence-electron chi connectivity index (χ0n) is 15.9. The highest BCUT2D eigenvalue weighted by Crippen LogP contribution is 2.32. The zero-order valence-corrected chi connectivity index (χ0v) is 15.9. The number of ether oxygens (including phenoxy) is 1. The number of hydrogen-bond donors (Lipinski definition) is 0. The van der Waals surface area contributed by atoms with Crippen LogP contribution in [0.2, 0.25) is 0 Å². The molecule has 0 aliphatic carbocycles. The average molecular weight is 356 g/mol. The van der Waals surface area contributed by atoms with Crippen molar-refractivity contribution in [3.8, 4) is 0 Å². The van der Waals surface area contributed by atoms with E-state index in [4.69, 9.17) is 4.74 Å². The molecule has 26 heavy (non-hydrogen) atoms. The van der Waals surface area contributed by atoms with Gasteiger partial charge in [-0.1, -0.05) is 6.92 Å². The molecule has 0 amide bonds. The molecule has 2 aromatic heterocycles. The van der Waals surface area contributed by atoms with E-state index in [-0.39, 0.29) is 5.60 Å². The second-order valence-corrected chi connectivity index (χ2v) is 7.83. The van der Waals surface area contributed by atoms with Gasteiger partial charge in [0.15, 0.2) is 0 Å². The largest absolute Gasteiger partial charge is 0.367 e. The van der Waals surface area contributed by atoms with Gasteiger partial charge in [-0.15, -0.1) is 0 Å². The summed E-state index contributed by atoms with van der Waals surface area (Å²) in [6.45, 7) is 8.87. The highest BCUT2D eigenvalue weighted by atomic mass is 16.5. The number of nitrogens with zero attached hydrogens (tertiary/aromatic N) is 6. The van der Waals surface area contributed by atoms with E-state index in [1.165, 1.54) is 12.8 Å². The standard InChI is InChI=1S/C19H28N6O/c1-15-5-4-6-24(11-15)17-9-18(21-14-20-17)25-7-8-26-19(2,13-25)16-10-22-23(3)12-16/h9-10,12,14-15H,4-8,11,13H2,1-3H3. The number of morpholine rings is 1. The van der Waals surface area contributed by atoms with Gasteiger partial charge in [0, 0.05) is 44.5 Å². The quantitative estimate of drug-likeness (QED) is 0.840. The Bertz CT molecular complexity index is 762. The first kappa shape index (κ1) is 17.3. The fraction of sp³-hybridized carbons (Fsp3) is 0.632. The Morgan fingerprint density at radius 2 is 2.00 bits per heavy atom. The third-order valence-electron chi connectivity index (χ3n) is 5.53. The second kappa shape index (κ2) is 6.87. The zero-order chi connectivity index (χ0) is 18.1. The van der Waals surface area contributed by atoms with Crippen LogP contribution in [0.4, 0.5) is 11.6 Å². The molecule has 140 valence electrons. The summed E-state index contributed by atoms with van der Waals surface area (Å²) in [5.74, 6) is 2.74. The molecule has 4 rings (SSSR count). The van der Waals surface area contributed by atoms with E-state index in [1.54, 1.807) is 6.33 Å². The Hall–Kier alpha value is -2.15. The van der Waals surface area contributed by atoms with Crippen molar-refractivity contribution in [3.05, 3.63) is 30.4 Å². The molecule has 2 aliphatic heterocycles. The molecule has 0 N–H and O–H groups in total. The average Bonchev–Trinajstić information content (AvgIpc) is 3.09. The first-order valence-corrected chi connectivity index (χ1v) is 9.48. The molecule has 2 atom stereocenters. The van der Waals surface area contributed by atoms with Gasteiger partial charge in [0.05, 0.1) is 19.3 Å². The highest BCUT2D eigenvalue weighted by Gasteiger charge is 2.35. The maximum Gasteiger partial charge on any atom is 0.134 e. The van der Waals surface area contributed by atoms with Crippen LogP contribution in [0, 0.1) is 5.92 Å². The van der Waals surface area contributed by atoms with Crippen molar-refractivity contribution in [2.45, 2.75) is 32.3 Å². The molecule has 2 unspecified atom stereocenters. The molecule has 7 heteroatoms. The summed E-state index contributed by atoms with van der Waals surface area (Å²) < 4.78 is 7.95. The van der Waals surface area contributed by atoms with Crippen molar-refractivity contribution in [2.75, 3.05) is 42.6 Å². The third-order valence-corrected chi connectivity index (χ3v) is 5.53. The molecule has 2 saturated heterocycles. The third kappa shape index (κ3) is 3.40. The minimum atomic E-state index is -0.378. The molecule has 2 aliphatic rings. The van der Waals surface area contributed by atoms with Gasteiger partial charge in [-0.25, -0.2) is 9.97 Å². The Labute approximate surface area is 155 Å².